The van der Waals surface area contributed by atoms with Crippen molar-refractivity contribution < 1.29 is 14.6 Å². The SMILES string of the molecule is O=C(O)CC1C[C@H](c2ccccc2)Oc2ccccc21. The molecule has 0 fully saturated rings. The predicted molar refractivity (Wildman–Crippen MR) is 75.9 cm³/mol. The van der Waals surface area contributed by atoms with Crippen LogP contribution in [0, 0.1) is 0 Å². The van der Waals surface area contributed by atoms with Crippen LogP contribution in [0.25, 0.3) is 0 Å². The predicted octanol–water partition coefficient (Wildman–Crippen LogP) is 3.77. The van der Waals surface area contributed by atoms with Crippen LogP contribution in [-0.2, 0) is 4.79 Å². The minimum atomic E-state index is -0.765. The van der Waals surface area contributed by atoms with Crippen molar-refractivity contribution in [2.45, 2.75) is 24.9 Å². The number of hydrogen-bond donors (Lipinski definition) is 1. The Kier molecular flexibility index (Phi) is 3.42. The van der Waals surface area contributed by atoms with E-state index < -0.39 is 5.97 Å². The molecule has 0 bridgehead atoms. The van der Waals surface area contributed by atoms with Gasteiger partial charge in [-0.1, -0.05) is 48.5 Å². The lowest BCUT2D eigenvalue weighted by molar-refractivity contribution is -0.137. The second-order valence-corrected chi connectivity index (χ2v) is 5.09. The van der Waals surface area contributed by atoms with Crippen molar-refractivity contribution in [3.8, 4) is 5.75 Å². The summed E-state index contributed by atoms with van der Waals surface area (Å²) in [5, 5.41) is 9.11. The molecule has 0 aromatic heterocycles. The first-order valence-corrected chi connectivity index (χ1v) is 6.76. The van der Waals surface area contributed by atoms with E-state index in [1.165, 1.54) is 0 Å². The Morgan fingerprint density at radius 2 is 1.80 bits per heavy atom. The number of para-hydroxylation sites is 1. The van der Waals surface area contributed by atoms with Gasteiger partial charge in [0.05, 0.1) is 6.42 Å². The molecule has 1 heterocycles. The summed E-state index contributed by atoms with van der Waals surface area (Å²) < 4.78 is 6.04. The monoisotopic (exact) mass is 268 g/mol. The van der Waals surface area contributed by atoms with Crippen LogP contribution in [0.1, 0.15) is 36.0 Å². The summed E-state index contributed by atoms with van der Waals surface area (Å²) in [6, 6.07) is 17.7. The number of carbonyl (C=O) groups is 1. The quantitative estimate of drug-likeness (QED) is 0.921. The normalized spacial score (nSPS) is 20.8. The van der Waals surface area contributed by atoms with E-state index in [1.807, 2.05) is 54.6 Å². The van der Waals surface area contributed by atoms with Gasteiger partial charge in [-0.05, 0) is 23.6 Å². The highest BCUT2D eigenvalue weighted by molar-refractivity contribution is 5.68. The summed E-state index contributed by atoms with van der Waals surface area (Å²) >= 11 is 0. The van der Waals surface area contributed by atoms with Crippen LogP contribution in [0.15, 0.2) is 54.6 Å². The molecule has 3 nitrogen and oxygen atoms in total. The van der Waals surface area contributed by atoms with Crippen LogP contribution in [0.3, 0.4) is 0 Å². The smallest absolute Gasteiger partial charge is 0.303 e. The van der Waals surface area contributed by atoms with Gasteiger partial charge < -0.3 is 9.84 Å². The number of ether oxygens (including phenoxy) is 1. The molecule has 0 spiro atoms. The molecule has 20 heavy (non-hydrogen) atoms. The molecule has 0 radical (unpaired) electrons. The summed E-state index contributed by atoms with van der Waals surface area (Å²) in [4.78, 5) is 11.1. The average molecular weight is 268 g/mol. The highest BCUT2D eigenvalue weighted by Gasteiger charge is 2.30. The zero-order valence-electron chi connectivity index (χ0n) is 11.0. The maximum atomic E-state index is 11.1. The van der Waals surface area contributed by atoms with Gasteiger partial charge in [0.15, 0.2) is 0 Å². The molecule has 102 valence electrons. The first-order chi connectivity index (χ1) is 9.74. The summed E-state index contributed by atoms with van der Waals surface area (Å²) in [6.45, 7) is 0. The van der Waals surface area contributed by atoms with Crippen LogP contribution < -0.4 is 4.74 Å². The minimum Gasteiger partial charge on any atom is -0.485 e. The van der Waals surface area contributed by atoms with Gasteiger partial charge in [-0.25, -0.2) is 0 Å². The van der Waals surface area contributed by atoms with E-state index in [2.05, 4.69) is 0 Å². The lowest BCUT2D eigenvalue weighted by Crippen LogP contribution is -2.21. The van der Waals surface area contributed by atoms with E-state index in [0.29, 0.717) is 6.42 Å². The van der Waals surface area contributed by atoms with Gasteiger partial charge in [0.2, 0.25) is 0 Å². The van der Waals surface area contributed by atoms with E-state index in [4.69, 9.17) is 9.84 Å². The first kappa shape index (κ1) is 12.7. The molecular weight excluding hydrogens is 252 g/mol. The Morgan fingerprint density at radius 3 is 2.55 bits per heavy atom. The number of rotatable bonds is 3. The molecule has 0 saturated heterocycles. The topological polar surface area (TPSA) is 46.5 Å². The Hall–Kier alpha value is -2.29. The largest absolute Gasteiger partial charge is 0.485 e. The molecule has 3 heteroatoms. The molecule has 1 N–H and O–H groups in total. The fourth-order valence-corrected chi connectivity index (χ4v) is 2.79. The van der Waals surface area contributed by atoms with Crippen LogP contribution in [0.5, 0.6) is 5.75 Å². The molecule has 1 unspecified atom stereocenters. The van der Waals surface area contributed by atoms with Gasteiger partial charge in [-0.15, -0.1) is 0 Å². The summed E-state index contributed by atoms with van der Waals surface area (Å²) in [5.74, 6) is 0.0417. The van der Waals surface area contributed by atoms with E-state index in [0.717, 1.165) is 16.9 Å². The van der Waals surface area contributed by atoms with Crippen LogP contribution in [-0.4, -0.2) is 11.1 Å². The Bertz CT molecular complexity index is 607. The first-order valence-electron chi connectivity index (χ1n) is 6.76. The fraction of sp³-hybridized carbons (Fsp3) is 0.235. The standard InChI is InChI=1S/C17H16O3/c18-17(19)11-13-10-16(12-6-2-1-3-7-12)20-15-9-5-4-8-14(13)15/h1-9,13,16H,10-11H2,(H,18,19)/t13?,16-/m1/s1. The lowest BCUT2D eigenvalue weighted by Gasteiger charge is -2.31. The maximum Gasteiger partial charge on any atom is 0.303 e. The third-order valence-corrected chi connectivity index (χ3v) is 3.72. The summed E-state index contributed by atoms with van der Waals surface area (Å²) in [5.41, 5.74) is 2.10. The summed E-state index contributed by atoms with van der Waals surface area (Å²) in [7, 11) is 0. The lowest BCUT2D eigenvalue weighted by atomic mass is 9.85. The second-order valence-electron chi connectivity index (χ2n) is 5.09. The fourth-order valence-electron chi connectivity index (χ4n) is 2.79. The molecule has 0 amide bonds. The van der Waals surface area contributed by atoms with Gasteiger partial charge >= 0.3 is 5.97 Å². The number of fused-ring (bicyclic) bond motifs is 1. The number of benzene rings is 2. The Morgan fingerprint density at radius 1 is 1.10 bits per heavy atom. The zero-order valence-corrected chi connectivity index (χ0v) is 11.0. The van der Waals surface area contributed by atoms with Crippen LogP contribution in [0.2, 0.25) is 0 Å². The van der Waals surface area contributed by atoms with Crippen LogP contribution in [0.4, 0.5) is 0 Å². The van der Waals surface area contributed by atoms with Crippen molar-refractivity contribution in [3.63, 3.8) is 0 Å². The van der Waals surface area contributed by atoms with Gasteiger partial charge in [0.1, 0.15) is 11.9 Å². The Balaban J connectivity index is 1.94. The second kappa shape index (κ2) is 5.37. The van der Waals surface area contributed by atoms with E-state index >= 15 is 0 Å². The van der Waals surface area contributed by atoms with E-state index in [-0.39, 0.29) is 18.4 Å². The highest BCUT2D eigenvalue weighted by atomic mass is 16.5. The van der Waals surface area contributed by atoms with Crippen molar-refractivity contribution in [1.29, 1.82) is 0 Å². The zero-order chi connectivity index (χ0) is 13.9. The van der Waals surface area contributed by atoms with Crippen molar-refractivity contribution in [2.24, 2.45) is 0 Å². The third-order valence-electron chi connectivity index (χ3n) is 3.72. The highest BCUT2D eigenvalue weighted by Crippen LogP contribution is 2.43. The molecular formula is C17H16O3. The van der Waals surface area contributed by atoms with Gasteiger partial charge in [-0.3, -0.25) is 4.79 Å². The van der Waals surface area contributed by atoms with Gasteiger partial charge in [0, 0.05) is 5.92 Å². The molecule has 0 saturated carbocycles. The number of hydrogen-bond acceptors (Lipinski definition) is 2. The Labute approximate surface area is 117 Å². The molecule has 2 aromatic rings. The molecule has 2 aromatic carbocycles. The summed E-state index contributed by atoms with van der Waals surface area (Å²) in [6.07, 6.45) is 0.771. The van der Waals surface area contributed by atoms with E-state index in [9.17, 15) is 4.79 Å². The van der Waals surface area contributed by atoms with Gasteiger partial charge in [-0.2, -0.15) is 0 Å². The van der Waals surface area contributed by atoms with Crippen molar-refractivity contribution in [1.82, 2.24) is 0 Å². The average Bonchev–Trinajstić information content (AvgIpc) is 2.47. The molecule has 0 aliphatic carbocycles. The van der Waals surface area contributed by atoms with Crippen molar-refractivity contribution in [3.05, 3.63) is 65.7 Å². The minimum absolute atomic E-state index is 0.00246. The number of carboxylic acid groups (broad SMARTS) is 1. The maximum absolute atomic E-state index is 11.1. The number of carboxylic acids is 1. The number of aliphatic carboxylic acids is 1. The third kappa shape index (κ3) is 2.52. The molecule has 2 atom stereocenters. The van der Waals surface area contributed by atoms with Crippen molar-refractivity contribution >= 4 is 5.97 Å². The van der Waals surface area contributed by atoms with Gasteiger partial charge in [0.25, 0.3) is 0 Å². The van der Waals surface area contributed by atoms with Crippen LogP contribution >= 0.6 is 0 Å². The van der Waals surface area contributed by atoms with Crippen molar-refractivity contribution in [2.75, 3.05) is 0 Å². The molecule has 3 rings (SSSR count). The molecule has 1 aliphatic heterocycles. The van der Waals surface area contributed by atoms with E-state index in [1.54, 1.807) is 0 Å². The molecule has 1 aliphatic rings.